The maximum atomic E-state index is 13.7. The standard InChI is InChI=1S/C18H19FO3/c19-14-8-4-7-13-16(21)11-17(22-18(13)14)15(20)10-9-12-5-2-1-3-6-12/h4,7-8,11-12H,1-3,5-6,9-10H2. The Bertz CT molecular complexity index is 742. The van der Waals surface area contributed by atoms with Crippen LogP contribution in [0.5, 0.6) is 0 Å². The van der Waals surface area contributed by atoms with E-state index >= 15 is 0 Å². The first-order valence-electron chi connectivity index (χ1n) is 7.91. The highest BCUT2D eigenvalue weighted by Crippen LogP contribution is 2.28. The fourth-order valence-corrected chi connectivity index (χ4v) is 3.21. The van der Waals surface area contributed by atoms with Gasteiger partial charge >= 0.3 is 0 Å². The first-order valence-corrected chi connectivity index (χ1v) is 7.91. The van der Waals surface area contributed by atoms with Crippen LogP contribution in [0, 0.1) is 11.7 Å². The zero-order valence-electron chi connectivity index (χ0n) is 12.4. The summed E-state index contributed by atoms with van der Waals surface area (Å²) in [5.74, 6) is -0.274. The number of fused-ring (bicyclic) bond motifs is 1. The van der Waals surface area contributed by atoms with Crippen molar-refractivity contribution in [1.29, 1.82) is 0 Å². The van der Waals surface area contributed by atoms with Crippen LogP contribution in [-0.4, -0.2) is 5.78 Å². The molecule has 0 spiro atoms. The van der Waals surface area contributed by atoms with Crippen LogP contribution in [-0.2, 0) is 0 Å². The lowest BCUT2D eigenvalue weighted by Crippen LogP contribution is -2.11. The molecule has 0 N–H and O–H groups in total. The first kappa shape index (κ1) is 14.9. The van der Waals surface area contributed by atoms with Crippen molar-refractivity contribution in [1.82, 2.24) is 0 Å². The molecular formula is C18H19FO3. The lowest BCUT2D eigenvalue weighted by molar-refractivity contribution is 0.0943. The Labute approximate surface area is 128 Å². The third-order valence-electron chi connectivity index (χ3n) is 4.49. The molecule has 1 saturated carbocycles. The number of carbonyl (C=O) groups excluding carboxylic acids is 1. The highest BCUT2D eigenvalue weighted by molar-refractivity contribution is 5.94. The molecule has 3 nitrogen and oxygen atoms in total. The Morgan fingerprint density at radius 3 is 2.77 bits per heavy atom. The second-order valence-corrected chi connectivity index (χ2v) is 6.06. The van der Waals surface area contributed by atoms with Crippen molar-refractivity contribution < 1.29 is 13.6 Å². The fraction of sp³-hybridized carbons (Fsp3) is 0.444. The fourth-order valence-electron chi connectivity index (χ4n) is 3.21. The van der Waals surface area contributed by atoms with Crippen molar-refractivity contribution in [2.45, 2.75) is 44.9 Å². The number of hydrogen-bond donors (Lipinski definition) is 0. The highest BCUT2D eigenvalue weighted by atomic mass is 19.1. The summed E-state index contributed by atoms with van der Waals surface area (Å²) in [6.07, 6.45) is 7.26. The number of benzene rings is 1. The van der Waals surface area contributed by atoms with E-state index in [1.807, 2.05) is 0 Å². The summed E-state index contributed by atoms with van der Waals surface area (Å²) in [6, 6.07) is 5.37. The van der Waals surface area contributed by atoms with E-state index in [1.165, 1.54) is 56.4 Å². The molecule has 1 fully saturated rings. The Hall–Kier alpha value is -1.97. The molecule has 22 heavy (non-hydrogen) atoms. The van der Waals surface area contributed by atoms with Crippen LogP contribution < -0.4 is 5.43 Å². The van der Waals surface area contributed by atoms with Gasteiger partial charge in [-0.25, -0.2) is 4.39 Å². The van der Waals surface area contributed by atoms with E-state index in [4.69, 9.17) is 4.42 Å². The molecule has 3 rings (SSSR count). The summed E-state index contributed by atoms with van der Waals surface area (Å²) in [4.78, 5) is 24.2. The number of para-hydroxylation sites is 1. The van der Waals surface area contributed by atoms with Gasteiger partial charge in [0.1, 0.15) is 0 Å². The van der Waals surface area contributed by atoms with Crippen LogP contribution in [0.4, 0.5) is 4.39 Å². The second-order valence-electron chi connectivity index (χ2n) is 6.06. The van der Waals surface area contributed by atoms with Crippen molar-refractivity contribution in [2.75, 3.05) is 0 Å². The van der Waals surface area contributed by atoms with Crippen molar-refractivity contribution in [2.24, 2.45) is 5.92 Å². The number of carbonyl (C=O) groups is 1. The minimum atomic E-state index is -0.614. The summed E-state index contributed by atoms with van der Waals surface area (Å²) in [5.41, 5.74) is -0.502. The first-order chi connectivity index (χ1) is 10.6. The van der Waals surface area contributed by atoms with Gasteiger partial charge in [-0.15, -0.1) is 0 Å². The third-order valence-corrected chi connectivity index (χ3v) is 4.49. The zero-order chi connectivity index (χ0) is 15.5. The van der Waals surface area contributed by atoms with E-state index in [9.17, 15) is 14.0 Å². The van der Waals surface area contributed by atoms with E-state index in [1.54, 1.807) is 0 Å². The summed E-state index contributed by atoms with van der Waals surface area (Å²) in [5, 5.41) is 0.170. The summed E-state index contributed by atoms with van der Waals surface area (Å²) >= 11 is 0. The number of rotatable bonds is 4. The normalized spacial score (nSPS) is 16.0. The molecule has 1 heterocycles. The lowest BCUT2D eigenvalue weighted by atomic mass is 9.85. The molecule has 1 aliphatic carbocycles. The Kier molecular flexibility index (Phi) is 4.36. The van der Waals surface area contributed by atoms with Gasteiger partial charge < -0.3 is 4.42 Å². The minimum absolute atomic E-state index is 0.0293. The van der Waals surface area contributed by atoms with E-state index < -0.39 is 5.82 Å². The molecular weight excluding hydrogens is 283 g/mol. The second kappa shape index (κ2) is 6.42. The summed E-state index contributed by atoms with van der Waals surface area (Å²) in [7, 11) is 0. The Balaban J connectivity index is 1.79. The van der Waals surface area contributed by atoms with Crippen molar-refractivity contribution in [3.63, 3.8) is 0 Å². The molecule has 0 atom stereocenters. The van der Waals surface area contributed by atoms with Gasteiger partial charge in [-0.2, -0.15) is 0 Å². The van der Waals surface area contributed by atoms with Gasteiger partial charge in [-0.05, 0) is 24.5 Å². The predicted octanol–water partition coefficient (Wildman–Crippen LogP) is 4.48. The van der Waals surface area contributed by atoms with Crippen LogP contribution in [0.15, 0.2) is 33.5 Å². The maximum absolute atomic E-state index is 13.7. The lowest BCUT2D eigenvalue weighted by Gasteiger charge is -2.20. The topological polar surface area (TPSA) is 47.3 Å². The van der Waals surface area contributed by atoms with Crippen molar-refractivity contribution >= 4 is 16.8 Å². The van der Waals surface area contributed by atoms with Gasteiger partial charge in [0, 0.05) is 12.5 Å². The van der Waals surface area contributed by atoms with Crippen LogP contribution >= 0.6 is 0 Å². The zero-order valence-corrected chi connectivity index (χ0v) is 12.4. The summed E-state index contributed by atoms with van der Waals surface area (Å²) in [6.45, 7) is 0. The van der Waals surface area contributed by atoms with Crippen LogP contribution in [0.1, 0.15) is 55.5 Å². The maximum Gasteiger partial charge on any atom is 0.198 e. The molecule has 0 aliphatic heterocycles. The Morgan fingerprint density at radius 1 is 1.23 bits per heavy atom. The Morgan fingerprint density at radius 2 is 2.00 bits per heavy atom. The highest BCUT2D eigenvalue weighted by Gasteiger charge is 2.18. The van der Waals surface area contributed by atoms with Crippen LogP contribution in [0.25, 0.3) is 11.0 Å². The average molecular weight is 302 g/mol. The number of ketones is 1. The largest absolute Gasteiger partial charge is 0.450 e. The van der Waals surface area contributed by atoms with Crippen molar-refractivity contribution in [3.05, 3.63) is 46.1 Å². The smallest absolute Gasteiger partial charge is 0.198 e. The average Bonchev–Trinajstić information content (AvgIpc) is 2.54. The van der Waals surface area contributed by atoms with E-state index in [2.05, 4.69) is 0 Å². The molecule has 2 aromatic rings. The molecule has 4 heteroatoms. The quantitative estimate of drug-likeness (QED) is 0.783. The SMILES string of the molecule is O=C(CCC1CCCCC1)c1cc(=O)c2cccc(F)c2o1. The van der Waals surface area contributed by atoms with Crippen LogP contribution in [0.3, 0.4) is 0 Å². The van der Waals surface area contributed by atoms with Gasteiger partial charge in [0.05, 0.1) is 5.39 Å². The third kappa shape index (κ3) is 3.11. The molecule has 0 saturated heterocycles. The molecule has 1 aromatic carbocycles. The molecule has 116 valence electrons. The molecule has 1 aliphatic rings. The molecule has 1 aromatic heterocycles. The molecule has 0 amide bonds. The van der Waals surface area contributed by atoms with Gasteiger partial charge in [-0.1, -0.05) is 38.2 Å². The molecule has 0 radical (unpaired) electrons. The molecule has 0 unspecified atom stereocenters. The van der Waals surface area contributed by atoms with Crippen molar-refractivity contribution in [3.8, 4) is 0 Å². The molecule has 0 bridgehead atoms. The predicted molar refractivity (Wildman–Crippen MR) is 82.6 cm³/mol. The summed E-state index contributed by atoms with van der Waals surface area (Å²) < 4.78 is 19.1. The minimum Gasteiger partial charge on any atom is -0.450 e. The van der Waals surface area contributed by atoms with Gasteiger partial charge in [-0.3, -0.25) is 9.59 Å². The van der Waals surface area contributed by atoms with Gasteiger partial charge in [0.15, 0.2) is 28.4 Å². The number of halogens is 1. The van der Waals surface area contributed by atoms with Gasteiger partial charge in [0.25, 0.3) is 0 Å². The van der Waals surface area contributed by atoms with Crippen LogP contribution in [0.2, 0.25) is 0 Å². The van der Waals surface area contributed by atoms with E-state index in [-0.39, 0.29) is 27.9 Å². The number of Topliss-reactive ketones (excluding diaryl/α,β-unsaturated/α-hetero) is 1. The number of hydrogen-bond acceptors (Lipinski definition) is 3. The van der Waals surface area contributed by atoms with E-state index in [0.29, 0.717) is 12.3 Å². The monoisotopic (exact) mass is 302 g/mol. The van der Waals surface area contributed by atoms with E-state index in [0.717, 1.165) is 6.42 Å². The van der Waals surface area contributed by atoms with Gasteiger partial charge in [0.2, 0.25) is 0 Å².